The van der Waals surface area contributed by atoms with Gasteiger partial charge >= 0.3 is 0 Å². The highest BCUT2D eigenvalue weighted by molar-refractivity contribution is 5.55. The van der Waals surface area contributed by atoms with E-state index >= 15 is 0 Å². The molecule has 3 aromatic rings. The van der Waals surface area contributed by atoms with Gasteiger partial charge in [0.2, 0.25) is 0 Å². The Bertz CT molecular complexity index is 738. The Morgan fingerprint density at radius 2 is 2.10 bits per heavy atom. The molecule has 0 aliphatic carbocycles. The highest BCUT2D eigenvalue weighted by atomic mass is 19.1. The second kappa shape index (κ2) is 6.01. The number of nitrogens with one attached hydrogen (secondary N) is 1. The molecule has 0 saturated carbocycles. The summed E-state index contributed by atoms with van der Waals surface area (Å²) in [5.74, 6) is -0.214. The van der Waals surface area contributed by atoms with E-state index in [4.69, 9.17) is 0 Å². The first-order chi connectivity index (χ1) is 10.3. The highest BCUT2D eigenvalue weighted by Gasteiger charge is 2.20. The van der Waals surface area contributed by atoms with Crippen molar-refractivity contribution in [3.63, 3.8) is 0 Å². The van der Waals surface area contributed by atoms with Gasteiger partial charge in [0.25, 0.3) is 0 Å². The SMILES string of the molecule is CCCNC(c1ccccc1F)c1cnn2ccncc12. The second-order valence-electron chi connectivity index (χ2n) is 4.91. The van der Waals surface area contributed by atoms with Gasteiger partial charge in [-0.3, -0.25) is 4.98 Å². The molecule has 4 nitrogen and oxygen atoms in total. The van der Waals surface area contributed by atoms with E-state index in [1.165, 1.54) is 6.07 Å². The van der Waals surface area contributed by atoms with Crippen LogP contribution in [-0.4, -0.2) is 21.1 Å². The van der Waals surface area contributed by atoms with Crippen molar-refractivity contribution in [1.82, 2.24) is 19.9 Å². The van der Waals surface area contributed by atoms with Crippen molar-refractivity contribution in [3.8, 4) is 0 Å². The van der Waals surface area contributed by atoms with Gasteiger partial charge in [-0.15, -0.1) is 0 Å². The Kier molecular flexibility index (Phi) is 3.92. The molecule has 0 saturated heterocycles. The number of nitrogens with zero attached hydrogens (tertiary/aromatic N) is 3. The first kappa shape index (κ1) is 13.7. The number of aromatic nitrogens is 3. The molecule has 1 aromatic carbocycles. The molecule has 1 unspecified atom stereocenters. The highest BCUT2D eigenvalue weighted by Crippen LogP contribution is 2.27. The fourth-order valence-electron chi connectivity index (χ4n) is 2.46. The summed E-state index contributed by atoms with van der Waals surface area (Å²) < 4.78 is 15.9. The lowest BCUT2D eigenvalue weighted by Crippen LogP contribution is -2.24. The molecule has 1 N–H and O–H groups in total. The van der Waals surface area contributed by atoms with Crippen molar-refractivity contribution in [2.75, 3.05) is 6.54 Å². The predicted octanol–water partition coefficient (Wildman–Crippen LogP) is 2.96. The maximum Gasteiger partial charge on any atom is 0.128 e. The van der Waals surface area contributed by atoms with Crippen LogP contribution in [0.1, 0.15) is 30.5 Å². The van der Waals surface area contributed by atoms with Crippen LogP contribution in [0.15, 0.2) is 49.1 Å². The lowest BCUT2D eigenvalue weighted by molar-refractivity contribution is 0.548. The predicted molar refractivity (Wildman–Crippen MR) is 79.5 cm³/mol. The first-order valence-electron chi connectivity index (χ1n) is 7.06. The van der Waals surface area contributed by atoms with E-state index in [9.17, 15) is 4.39 Å². The van der Waals surface area contributed by atoms with E-state index < -0.39 is 0 Å². The van der Waals surface area contributed by atoms with Gasteiger partial charge in [-0.05, 0) is 19.0 Å². The third kappa shape index (κ3) is 2.64. The van der Waals surface area contributed by atoms with Crippen molar-refractivity contribution < 1.29 is 4.39 Å². The van der Waals surface area contributed by atoms with E-state index in [0.717, 1.165) is 24.0 Å². The molecule has 1 atom stereocenters. The van der Waals surface area contributed by atoms with Gasteiger partial charge in [0.05, 0.1) is 24.0 Å². The van der Waals surface area contributed by atoms with Gasteiger partial charge in [-0.1, -0.05) is 25.1 Å². The van der Waals surface area contributed by atoms with E-state index in [0.29, 0.717) is 5.56 Å². The number of rotatable bonds is 5. The minimum atomic E-state index is -0.229. The monoisotopic (exact) mass is 284 g/mol. The summed E-state index contributed by atoms with van der Waals surface area (Å²) in [5, 5.41) is 7.72. The topological polar surface area (TPSA) is 42.2 Å². The van der Waals surface area contributed by atoms with Crippen LogP contribution in [0.5, 0.6) is 0 Å². The molecule has 0 fully saturated rings. The normalized spacial score (nSPS) is 12.7. The fraction of sp³-hybridized carbons (Fsp3) is 0.250. The lowest BCUT2D eigenvalue weighted by Gasteiger charge is -2.18. The Morgan fingerprint density at radius 1 is 1.24 bits per heavy atom. The molecule has 21 heavy (non-hydrogen) atoms. The van der Waals surface area contributed by atoms with Crippen LogP contribution in [0.4, 0.5) is 4.39 Å². The summed E-state index contributed by atoms with van der Waals surface area (Å²) in [6, 6.07) is 6.62. The van der Waals surface area contributed by atoms with Crippen LogP contribution in [-0.2, 0) is 0 Å². The van der Waals surface area contributed by atoms with Gasteiger partial charge in [0, 0.05) is 23.5 Å². The fourth-order valence-corrected chi connectivity index (χ4v) is 2.46. The minimum Gasteiger partial charge on any atom is -0.306 e. The molecule has 2 aromatic heterocycles. The third-order valence-corrected chi connectivity index (χ3v) is 3.48. The summed E-state index contributed by atoms with van der Waals surface area (Å²) in [6.45, 7) is 2.89. The minimum absolute atomic E-state index is 0.214. The zero-order valence-electron chi connectivity index (χ0n) is 11.8. The molecule has 0 bridgehead atoms. The Morgan fingerprint density at radius 3 is 2.90 bits per heavy atom. The number of halogens is 1. The standard InChI is InChI=1S/C16H17FN4/c1-2-7-19-16(12-5-3-4-6-14(12)17)13-10-20-21-9-8-18-11-15(13)21/h3-6,8-11,16,19H,2,7H2,1H3. The summed E-state index contributed by atoms with van der Waals surface area (Å²) >= 11 is 0. The maximum absolute atomic E-state index is 14.2. The van der Waals surface area contributed by atoms with Gasteiger partial charge in [0.15, 0.2) is 0 Å². The molecule has 0 radical (unpaired) electrons. The van der Waals surface area contributed by atoms with Gasteiger partial charge in [0.1, 0.15) is 5.82 Å². The maximum atomic E-state index is 14.2. The molecule has 0 aliphatic rings. The van der Waals surface area contributed by atoms with Crippen LogP contribution in [0.2, 0.25) is 0 Å². The molecule has 3 rings (SSSR count). The molecule has 0 aliphatic heterocycles. The summed E-state index contributed by atoms with van der Waals surface area (Å²) in [4.78, 5) is 4.14. The quantitative estimate of drug-likeness (QED) is 0.783. The molecular formula is C16H17FN4. The lowest BCUT2D eigenvalue weighted by atomic mass is 9.99. The molecular weight excluding hydrogens is 267 g/mol. The Hall–Kier alpha value is -2.27. The summed E-state index contributed by atoms with van der Waals surface area (Å²) in [6.07, 6.45) is 7.97. The zero-order valence-corrected chi connectivity index (χ0v) is 11.8. The Labute approximate surface area is 122 Å². The van der Waals surface area contributed by atoms with Crippen molar-refractivity contribution in [2.24, 2.45) is 0 Å². The van der Waals surface area contributed by atoms with Crippen molar-refractivity contribution >= 4 is 5.52 Å². The average molecular weight is 284 g/mol. The number of hydrogen-bond donors (Lipinski definition) is 1. The largest absolute Gasteiger partial charge is 0.306 e. The first-order valence-corrected chi connectivity index (χ1v) is 7.06. The molecule has 2 heterocycles. The van der Waals surface area contributed by atoms with Crippen LogP contribution < -0.4 is 5.32 Å². The van der Waals surface area contributed by atoms with E-state index in [2.05, 4.69) is 22.3 Å². The van der Waals surface area contributed by atoms with Crippen molar-refractivity contribution in [2.45, 2.75) is 19.4 Å². The van der Waals surface area contributed by atoms with Gasteiger partial charge in [-0.2, -0.15) is 5.10 Å². The second-order valence-corrected chi connectivity index (χ2v) is 4.91. The smallest absolute Gasteiger partial charge is 0.128 e. The average Bonchev–Trinajstić information content (AvgIpc) is 2.93. The van der Waals surface area contributed by atoms with E-state index in [-0.39, 0.29) is 11.9 Å². The van der Waals surface area contributed by atoms with E-state index in [1.54, 1.807) is 35.4 Å². The van der Waals surface area contributed by atoms with Crippen molar-refractivity contribution in [3.05, 3.63) is 66.0 Å². The third-order valence-electron chi connectivity index (χ3n) is 3.48. The Balaban J connectivity index is 2.09. The van der Waals surface area contributed by atoms with Crippen LogP contribution in [0, 0.1) is 5.82 Å². The van der Waals surface area contributed by atoms with Gasteiger partial charge < -0.3 is 5.32 Å². The van der Waals surface area contributed by atoms with Crippen LogP contribution in [0.25, 0.3) is 5.52 Å². The number of fused-ring (bicyclic) bond motifs is 1. The van der Waals surface area contributed by atoms with Gasteiger partial charge in [-0.25, -0.2) is 8.91 Å². The number of benzene rings is 1. The van der Waals surface area contributed by atoms with Crippen LogP contribution in [0.3, 0.4) is 0 Å². The molecule has 0 amide bonds. The molecule has 5 heteroatoms. The zero-order chi connectivity index (χ0) is 14.7. The molecule has 0 spiro atoms. The number of hydrogen-bond acceptors (Lipinski definition) is 3. The van der Waals surface area contributed by atoms with E-state index in [1.807, 2.05) is 12.1 Å². The van der Waals surface area contributed by atoms with Crippen molar-refractivity contribution in [1.29, 1.82) is 0 Å². The van der Waals surface area contributed by atoms with Crippen LogP contribution >= 0.6 is 0 Å². The summed E-state index contributed by atoms with van der Waals surface area (Å²) in [5.41, 5.74) is 2.45. The molecule has 108 valence electrons. The summed E-state index contributed by atoms with van der Waals surface area (Å²) in [7, 11) is 0.